The molecule has 0 radical (unpaired) electrons. The molecule has 0 saturated carbocycles. The fourth-order valence-electron chi connectivity index (χ4n) is 2.18. The molecular formula is C19H17N4O-. The molecule has 0 fully saturated rings. The Labute approximate surface area is 140 Å². The zero-order valence-corrected chi connectivity index (χ0v) is 13.3. The summed E-state index contributed by atoms with van der Waals surface area (Å²) < 4.78 is 0. The molecule has 0 aliphatic carbocycles. The van der Waals surface area contributed by atoms with Gasteiger partial charge < -0.3 is 15.8 Å². The van der Waals surface area contributed by atoms with Crippen LogP contribution in [0.3, 0.4) is 0 Å². The molecule has 0 unspecified atom stereocenters. The number of hydrogen-bond donors (Lipinski definition) is 1. The molecule has 0 bridgehead atoms. The number of nitrogens with one attached hydrogen (secondary N) is 1. The minimum Gasteiger partial charge on any atom is -0.739 e. The molecule has 0 saturated heterocycles. The topological polar surface area (TPSA) is 63.0 Å². The summed E-state index contributed by atoms with van der Waals surface area (Å²) in [7, 11) is 0. The van der Waals surface area contributed by atoms with E-state index in [0.29, 0.717) is 5.69 Å². The average Bonchev–Trinajstić information content (AvgIpc) is 2.62. The number of benzene rings is 3. The first-order chi connectivity index (χ1) is 11.7. The van der Waals surface area contributed by atoms with Crippen molar-refractivity contribution < 1.29 is 0 Å². The maximum absolute atomic E-state index is 12.2. The summed E-state index contributed by atoms with van der Waals surface area (Å²) in [5.74, 6) is 0. The minimum atomic E-state index is 0.509. The number of aryl methyl sites for hydroxylation is 1. The van der Waals surface area contributed by atoms with Crippen LogP contribution in [0.25, 0.3) is 0 Å². The van der Waals surface area contributed by atoms with E-state index in [4.69, 9.17) is 0 Å². The second-order valence-corrected chi connectivity index (χ2v) is 5.28. The lowest BCUT2D eigenvalue weighted by Crippen LogP contribution is -2.22. The van der Waals surface area contributed by atoms with Crippen LogP contribution in [0.15, 0.2) is 89.1 Å². The highest BCUT2D eigenvalue weighted by molar-refractivity contribution is 5.61. The highest BCUT2D eigenvalue weighted by atomic mass is 16.5. The van der Waals surface area contributed by atoms with Gasteiger partial charge in [-0.15, -0.1) is 0 Å². The van der Waals surface area contributed by atoms with Crippen molar-refractivity contribution in [3.8, 4) is 0 Å². The van der Waals surface area contributed by atoms with Crippen LogP contribution in [0.5, 0.6) is 0 Å². The van der Waals surface area contributed by atoms with Gasteiger partial charge in [0.2, 0.25) is 0 Å². The van der Waals surface area contributed by atoms with Gasteiger partial charge >= 0.3 is 0 Å². The average molecular weight is 317 g/mol. The predicted octanol–water partition coefficient (Wildman–Crippen LogP) is 5.74. The molecule has 0 aliphatic rings. The SMILES string of the molecule is Cc1cc(N([O-])Nc2ccccc2)ccc1N=Nc1ccccc1. The molecule has 3 aromatic rings. The molecule has 3 rings (SSSR count). The Morgan fingerprint density at radius 3 is 2.17 bits per heavy atom. The van der Waals surface area contributed by atoms with Gasteiger partial charge in [0.15, 0.2) is 0 Å². The largest absolute Gasteiger partial charge is 0.739 e. The summed E-state index contributed by atoms with van der Waals surface area (Å²) in [6.45, 7) is 1.90. The number of para-hydroxylation sites is 1. The molecule has 0 spiro atoms. The van der Waals surface area contributed by atoms with Crippen LogP contribution in [0.4, 0.5) is 22.7 Å². The molecule has 1 N–H and O–H groups in total. The van der Waals surface area contributed by atoms with E-state index in [1.807, 2.05) is 67.6 Å². The lowest BCUT2D eigenvalue weighted by Gasteiger charge is -2.32. The van der Waals surface area contributed by atoms with Crippen molar-refractivity contribution in [2.75, 3.05) is 10.6 Å². The summed E-state index contributed by atoms with van der Waals surface area (Å²) in [5, 5.41) is 21.4. The first-order valence-corrected chi connectivity index (χ1v) is 7.59. The van der Waals surface area contributed by atoms with Crippen LogP contribution in [0.1, 0.15) is 5.56 Å². The van der Waals surface area contributed by atoms with E-state index >= 15 is 0 Å². The van der Waals surface area contributed by atoms with Gasteiger partial charge in [-0.05, 0) is 55.0 Å². The first kappa shape index (κ1) is 15.7. The van der Waals surface area contributed by atoms with E-state index in [2.05, 4.69) is 15.7 Å². The van der Waals surface area contributed by atoms with Crippen LogP contribution in [0, 0.1) is 12.1 Å². The number of anilines is 2. The summed E-state index contributed by atoms with van der Waals surface area (Å²) in [5.41, 5.74) is 6.43. The van der Waals surface area contributed by atoms with Crippen molar-refractivity contribution >= 4 is 22.7 Å². The van der Waals surface area contributed by atoms with Crippen LogP contribution < -0.4 is 10.6 Å². The third-order valence-corrected chi connectivity index (χ3v) is 3.45. The molecule has 5 heteroatoms. The molecule has 0 heterocycles. The summed E-state index contributed by atoms with van der Waals surface area (Å²) in [6.07, 6.45) is 0. The van der Waals surface area contributed by atoms with Crippen LogP contribution in [-0.2, 0) is 0 Å². The number of rotatable bonds is 5. The minimum absolute atomic E-state index is 0.509. The Morgan fingerprint density at radius 2 is 1.50 bits per heavy atom. The Kier molecular flexibility index (Phi) is 4.84. The van der Waals surface area contributed by atoms with Gasteiger partial charge in [-0.1, -0.05) is 36.4 Å². The highest BCUT2D eigenvalue weighted by Gasteiger charge is 2.01. The molecule has 0 amide bonds. The van der Waals surface area contributed by atoms with Crippen molar-refractivity contribution in [1.82, 2.24) is 0 Å². The highest BCUT2D eigenvalue weighted by Crippen LogP contribution is 2.26. The maximum Gasteiger partial charge on any atom is 0.0887 e. The quantitative estimate of drug-likeness (QED) is 0.482. The zero-order chi connectivity index (χ0) is 16.8. The standard InChI is InChI=1S/C19H17N4O/c1-15-14-18(23(24)22-17-10-6-3-7-11-17)12-13-19(15)21-20-16-8-4-2-5-9-16/h2-14,22H,1H3/q-1. The number of nitrogens with zero attached hydrogens (tertiary/aromatic N) is 3. The Morgan fingerprint density at radius 1 is 0.833 bits per heavy atom. The summed E-state index contributed by atoms with van der Waals surface area (Å²) >= 11 is 0. The number of azo groups is 1. The lowest BCUT2D eigenvalue weighted by atomic mass is 10.2. The fourth-order valence-corrected chi connectivity index (χ4v) is 2.18. The van der Waals surface area contributed by atoms with Crippen molar-refractivity contribution in [3.05, 3.63) is 89.6 Å². The van der Waals surface area contributed by atoms with Crippen molar-refractivity contribution in [2.24, 2.45) is 10.2 Å². The monoisotopic (exact) mass is 317 g/mol. The third-order valence-electron chi connectivity index (χ3n) is 3.45. The third kappa shape index (κ3) is 3.97. The Balaban J connectivity index is 1.73. The van der Waals surface area contributed by atoms with Gasteiger partial charge in [-0.25, -0.2) is 0 Å². The van der Waals surface area contributed by atoms with E-state index in [9.17, 15) is 5.21 Å². The van der Waals surface area contributed by atoms with Gasteiger partial charge in [-0.2, -0.15) is 10.2 Å². The number of hydrogen-bond acceptors (Lipinski definition) is 5. The zero-order valence-electron chi connectivity index (χ0n) is 13.3. The Hall–Kier alpha value is -3.18. The molecule has 0 atom stereocenters. The van der Waals surface area contributed by atoms with Gasteiger partial charge in [0.1, 0.15) is 0 Å². The van der Waals surface area contributed by atoms with E-state index in [0.717, 1.165) is 27.8 Å². The normalized spacial score (nSPS) is 10.8. The predicted molar refractivity (Wildman–Crippen MR) is 97.7 cm³/mol. The van der Waals surface area contributed by atoms with Crippen LogP contribution >= 0.6 is 0 Å². The van der Waals surface area contributed by atoms with E-state index in [1.54, 1.807) is 18.2 Å². The summed E-state index contributed by atoms with van der Waals surface area (Å²) in [6, 6.07) is 24.1. The molecule has 24 heavy (non-hydrogen) atoms. The Bertz CT molecular complexity index is 819. The molecule has 0 aliphatic heterocycles. The van der Waals surface area contributed by atoms with Crippen LogP contribution in [0.2, 0.25) is 0 Å². The van der Waals surface area contributed by atoms with Gasteiger partial charge in [0.05, 0.1) is 17.1 Å². The van der Waals surface area contributed by atoms with E-state index in [1.165, 1.54) is 0 Å². The molecule has 3 aromatic carbocycles. The molecule has 0 aromatic heterocycles. The maximum atomic E-state index is 12.2. The number of hydrazine groups is 1. The van der Waals surface area contributed by atoms with Crippen molar-refractivity contribution in [2.45, 2.75) is 6.92 Å². The first-order valence-electron chi connectivity index (χ1n) is 7.59. The second-order valence-electron chi connectivity index (χ2n) is 5.28. The van der Waals surface area contributed by atoms with Gasteiger partial charge in [0.25, 0.3) is 0 Å². The lowest BCUT2D eigenvalue weighted by molar-refractivity contribution is 1.15. The second kappa shape index (κ2) is 7.39. The molecule has 5 nitrogen and oxygen atoms in total. The summed E-state index contributed by atoms with van der Waals surface area (Å²) in [4.78, 5) is 0. The van der Waals surface area contributed by atoms with Gasteiger partial charge in [0, 0.05) is 5.69 Å². The van der Waals surface area contributed by atoms with Crippen LogP contribution in [-0.4, -0.2) is 0 Å². The molecule has 120 valence electrons. The fraction of sp³-hybridized carbons (Fsp3) is 0.0526. The van der Waals surface area contributed by atoms with E-state index in [-0.39, 0.29) is 0 Å². The van der Waals surface area contributed by atoms with Crippen molar-refractivity contribution in [1.29, 1.82) is 0 Å². The van der Waals surface area contributed by atoms with Crippen molar-refractivity contribution in [3.63, 3.8) is 0 Å². The van der Waals surface area contributed by atoms with Gasteiger partial charge in [-0.3, -0.25) is 0 Å². The van der Waals surface area contributed by atoms with E-state index < -0.39 is 0 Å². The molecular weight excluding hydrogens is 300 g/mol. The smallest absolute Gasteiger partial charge is 0.0887 e.